The van der Waals surface area contributed by atoms with Crippen molar-refractivity contribution in [1.82, 2.24) is 4.90 Å². The standard InChI is InChI=1S/C14H22N2O3/c1-18-12-10-16(9-8-15)14(17)7-11-19-13-5-3-2-4-6-13/h2-6H,7-12,15H2,1H3. The van der Waals surface area contributed by atoms with E-state index in [0.717, 1.165) is 5.75 Å². The molecule has 0 spiro atoms. The zero-order chi connectivity index (χ0) is 13.9. The van der Waals surface area contributed by atoms with Crippen LogP contribution in [0.3, 0.4) is 0 Å². The van der Waals surface area contributed by atoms with Crippen LogP contribution in [-0.4, -0.2) is 50.8 Å². The number of ether oxygens (including phenoxy) is 2. The Morgan fingerprint density at radius 2 is 1.95 bits per heavy atom. The smallest absolute Gasteiger partial charge is 0.226 e. The van der Waals surface area contributed by atoms with Gasteiger partial charge in [0.15, 0.2) is 0 Å². The molecule has 0 aliphatic rings. The van der Waals surface area contributed by atoms with Gasteiger partial charge in [0.05, 0.1) is 19.6 Å². The molecule has 2 N–H and O–H groups in total. The van der Waals surface area contributed by atoms with Crippen LogP contribution in [0.15, 0.2) is 30.3 Å². The topological polar surface area (TPSA) is 64.8 Å². The van der Waals surface area contributed by atoms with E-state index in [9.17, 15) is 4.79 Å². The second kappa shape index (κ2) is 9.35. The maximum absolute atomic E-state index is 12.0. The fourth-order valence-corrected chi connectivity index (χ4v) is 1.65. The first kappa shape index (κ1) is 15.5. The van der Waals surface area contributed by atoms with Crippen LogP contribution in [0.25, 0.3) is 0 Å². The Labute approximate surface area is 114 Å². The van der Waals surface area contributed by atoms with E-state index < -0.39 is 0 Å². The first-order valence-corrected chi connectivity index (χ1v) is 6.42. The summed E-state index contributed by atoms with van der Waals surface area (Å²) < 4.78 is 10.5. The van der Waals surface area contributed by atoms with Gasteiger partial charge in [0, 0.05) is 26.7 Å². The first-order valence-electron chi connectivity index (χ1n) is 6.42. The minimum absolute atomic E-state index is 0.0402. The molecule has 1 rings (SSSR count). The van der Waals surface area contributed by atoms with Crippen molar-refractivity contribution in [3.63, 3.8) is 0 Å². The maximum Gasteiger partial charge on any atom is 0.226 e. The number of hydrogen-bond acceptors (Lipinski definition) is 4. The molecule has 0 unspecified atom stereocenters. The first-order chi connectivity index (χ1) is 9.27. The summed E-state index contributed by atoms with van der Waals surface area (Å²) in [6, 6.07) is 9.46. The molecule has 0 atom stereocenters. The summed E-state index contributed by atoms with van der Waals surface area (Å²) in [6.07, 6.45) is 0.346. The van der Waals surface area contributed by atoms with Gasteiger partial charge in [-0.2, -0.15) is 0 Å². The normalized spacial score (nSPS) is 10.2. The van der Waals surface area contributed by atoms with E-state index in [0.29, 0.717) is 39.3 Å². The Morgan fingerprint density at radius 1 is 1.21 bits per heavy atom. The second-order valence-electron chi connectivity index (χ2n) is 4.07. The quantitative estimate of drug-likeness (QED) is 0.721. The van der Waals surface area contributed by atoms with Crippen molar-refractivity contribution in [1.29, 1.82) is 0 Å². The molecule has 0 saturated heterocycles. The van der Waals surface area contributed by atoms with Gasteiger partial charge >= 0.3 is 0 Å². The molecule has 0 aliphatic heterocycles. The molecule has 5 heteroatoms. The van der Waals surface area contributed by atoms with Gasteiger partial charge in [0.1, 0.15) is 5.75 Å². The fraction of sp³-hybridized carbons (Fsp3) is 0.500. The lowest BCUT2D eigenvalue weighted by Crippen LogP contribution is -2.38. The molecule has 106 valence electrons. The summed E-state index contributed by atoms with van der Waals surface area (Å²) in [5, 5.41) is 0. The Hall–Kier alpha value is -1.59. The van der Waals surface area contributed by atoms with Gasteiger partial charge in [0.2, 0.25) is 5.91 Å². The number of nitrogens with zero attached hydrogens (tertiary/aromatic N) is 1. The Bertz CT molecular complexity index is 357. The third kappa shape index (κ3) is 6.22. The van der Waals surface area contributed by atoms with Crippen LogP contribution in [0.1, 0.15) is 6.42 Å². The summed E-state index contributed by atoms with van der Waals surface area (Å²) in [7, 11) is 1.61. The largest absolute Gasteiger partial charge is 0.493 e. The van der Waals surface area contributed by atoms with Crippen LogP contribution in [0.2, 0.25) is 0 Å². The predicted octanol–water partition coefficient (Wildman–Crippen LogP) is 0.889. The number of methoxy groups -OCH3 is 1. The van der Waals surface area contributed by atoms with Crippen molar-refractivity contribution in [3.05, 3.63) is 30.3 Å². The van der Waals surface area contributed by atoms with E-state index in [2.05, 4.69) is 0 Å². The van der Waals surface area contributed by atoms with Gasteiger partial charge in [-0.3, -0.25) is 4.79 Å². The molecule has 1 aromatic carbocycles. The molecular formula is C14H22N2O3. The molecule has 1 aromatic rings. The average molecular weight is 266 g/mol. The van der Waals surface area contributed by atoms with Crippen LogP contribution in [0.4, 0.5) is 0 Å². The molecule has 0 fully saturated rings. The van der Waals surface area contributed by atoms with Crippen LogP contribution >= 0.6 is 0 Å². The maximum atomic E-state index is 12.0. The number of para-hydroxylation sites is 1. The highest BCUT2D eigenvalue weighted by molar-refractivity contribution is 5.76. The van der Waals surface area contributed by atoms with Gasteiger partial charge in [-0.25, -0.2) is 0 Å². The zero-order valence-electron chi connectivity index (χ0n) is 11.4. The van der Waals surface area contributed by atoms with Crippen LogP contribution < -0.4 is 10.5 Å². The lowest BCUT2D eigenvalue weighted by atomic mass is 10.3. The summed E-state index contributed by atoms with van der Waals surface area (Å²) >= 11 is 0. The van der Waals surface area contributed by atoms with Crippen molar-refractivity contribution >= 4 is 5.91 Å². The van der Waals surface area contributed by atoms with Crippen molar-refractivity contribution in [2.75, 3.05) is 40.0 Å². The number of rotatable bonds is 9. The lowest BCUT2D eigenvalue weighted by Gasteiger charge is -2.21. The van der Waals surface area contributed by atoms with Crippen molar-refractivity contribution in [2.24, 2.45) is 5.73 Å². The molecule has 1 amide bonds. The zero-order valence-corrected chi connectivity index (χ0v) is 11.4. The third-order valence-electron chi connectivity index (χ3n) is 2.64. The van der Waals surface area contributed by atoms with E-state index >= 15 is 0 Å². The minimum Gasteiger partial charge on any atom is -0.493 e. The highest BCUT2D eigenvalue weighted by atomic mass is 16.5. The third-order valence-corrected chi connectivity index (χ3v) is 2.64. The van der Waals surface area contributed by atoms with Gasteiger partial charge in [0.25, 0.3) is 0 Å². The summed E-state index contributed by atoms with van der Waals surface area (Å²) in [5.41, 5.74) is 5.49. The Morgan fingerprint density at radius 3 is 2.58 bits per heavy atom. The number of amides is 1. The number of carbonyl (C=O) groups excluding carboxylic acids is 1. The Balaban J connectivity index is 2.31. The van der Waals surface area contributed by atoms with E-state index in [4.69, 9.17) is 15.2 Å². The van der Waals surface area contributed by atoms with Crippen molar-refractivity contribution < 1.29 is 14.3 Å². The van der Waals surface area contributed by atoms with Gasteiger partial charge in [-0.05, 0) is 12.1 Å². The highest BCUT2D eigenvalue weighted by Gasteiger charge is 2.12. The fourth-order valence-electron chi connectivity index (χ4n) is 1.65. The van der Waals surface area contributed by atoms with Gasteiger partial charge < -0.3 is 20.1 Å². The SMILES string of the molecule is COCCN(CCN)C(=O)CCOc1ccccc1. The van der Waals surface area contributed by atoms with E-state index in [1.807, 2.05) is 30.3 Å². The predicted molar refractivity (Wildman–Crippen MR) is 74.1 cm³/mol. The average Bonchev–Trinajstić information content (AvgIpc) is 2.44. The number of carbonyl (C=O) groups is 1. The lowest BCUT2D eigenvalue weighted by molar-refractivity contribution is -0.132. The molecule has 0 heterocycles. The number of nitrogens with two attached hydrogens (primary N) is 1. The van der Waals surface area contributed by atoms with E-state index in [1.54, 1.807) is 12.0 Å². The van der Waals surface area contributed by atoms with Crippen LogP contribution in [0, 0.1) is 0 Å². The number of hydrogen-bond donors (Lipinski definition) is 1. The molecule has 5 nitrogen and oxygen atoms in total. The highest BCUT2D eigenvalue weighted by Crippen LogP contribution is 2.08. The molecule has 0 radical (unpaired) electrons. The van der Waals surface area contributed by atoms with Crippen LogP contribution in [-0.2, 0) is 9.53 Å². The summed E-state index contributed by atoms with van der Waals surface area (Å²) in [5.74, 6) is 0.816. The summed E-state index contributed by atoms with van der Waals surface area (Å²) in [6.45, 7) is 2.46. The summed E-state index contributed by atoms with van der Waals surface area (Å²) in [4.78, 5) is 13.7. The van der Waals surface area contributed by atoms with Crippen molar-refractivity contribution in [2.45, 2.75) is 6.42 Å². The molecule has 0 aliphatic carbocycles. The van der Waals surface area contributed by atoms with Crippen LogP contribution in [0.5, 0.6) is 5.75 Å². The number of benzene rings is 1. The molecule has 0 aromatic heterocycles. The van der Waals surface area contributed by atoms with Crippen molar-refractivity contribution in [3.8, 4) is 5.75 Å². The van der Waals surface area contributed by atoms with E-state index in [-0.39, 0.29) is 5.91 Å². The molecular weight excluding hydrogens is 244 g/mol. The minimum atomic E-state index is 0.0402. The van der Waals surface area contributed by atoms with Gasteiger partial charge in [-0.1, -0.05) is 18.2 Å². The molecule has 0 bridgehead atoms. The van der Waals surface area contributed by atoms with E-state index in [1.165, 1.54) is 0 Å². The van der Waals surface area contributed by atoms with Gasteiger partial charge in [-0.15, -0.1) is 0 Å². The molecule has 19 heavy (non-hydrogen) atoms. The Kier molecular flexibility index (Phi) is 7.62. The second-order valence-corrected chi connectivity index (χ2v) is 4.07. The monoisotopic (exact) mass is 266 g/mol. The molecule has 0 saturated carbocycles.